The van der Waals surface area contributed by atoms with Crippen molar-refractivity contribution < 1.29 is 20.4 Å². The van der Waals surface area contributed by atoms with Gasteiger partial charge in [0.2, 0.25) is 0 Å². The molecule has 2 aromatic rings. The molecule has 4 heteroatoms. The Morgan fingerprint density at radius 2 is 0.750 bits per heavy atom. The molecule has 152 valence electrons. The van der Waals surface area contributed by atoms with Crippen LogP contribution >= 0.6 is 0 Å². The fourth-order valence-electron chi connectivity index (χ4n) is 4.14. The second-order valence-electron chi connectivity index (χ2n) is 8.74. The van der Waals surface area contributed by atoms with Gasteiger partial charge in [0.15, 0.2) is 0 Å². The van der Waals surface area contributed by atoms with E-state index in [1.165, 1.54) is 0 Å². The summed E-state index contributed by atoms with van der Waals surface area (Å²) in [5.41, 5.74) is 5.70. The third-order valence-corrected chi connectivity index (χ3v) is 6.23. The van der Waals surface area contributed by atoms with Gasteiger partial charge in [-0.05, 0) is 70.2 Å². The predicted molar refractivity (Wildman–Crippen MR) is 110 cm³/mol. The average molecular weight is 385 g/mol. The Labute approximate surface area is 167 Å². The van der Waals surface area contributed by atoms with Gasteiger partial charge in [0.1, 0.15) is 24.4 Å². The predicted octanol–water partition coefficient (Wildman–Crippen LogP) is 4.40. The maximum atomic E-state index is 11.1. The van der Waals surface area contributed by atoms with Crippen LogP contribution in [0.3, 0.4) is 0 Å². The van der Waals surface area contributed by atoms with Crippen LogP contribution in [0, 0.1) is 13.8 Å². The molecule has 0 saturated carbocycles. The van der Waals surface area contributed by atoms with Gasteiger partial charge in [-0.2, -0.15) is 0 Å². The van der Waals surface area contributed by atoms with Crippen LogP contribution in [0.25, 0.3) is 0 Å². The van der Waals surface area contributed by atoms with Gasteiger partial charge in [0.25, 0.3) is 0 Å². The summed E-state index contributed by atoms with van der Waals surface area (Å²) in [6, 6.07) is 7.61. The van der Waals surface area contributed by atoms with Crippen LogP contribution in [0.1, 0.15) is 108 Å². The van der Waals surface area contributed by atoms with Crippen molar-refractivity contribution in [2.75, 3.05) is 0 Å². The normalized spacial score (nSPS) is 24.7. The Morgan fingerprint density at radius 3 is 0.929 bits per heavy atom. The highest BCUT2D eigenvalue weighted by molar-refractivity contribution is 5.48. The molecule has 0 saturated heterocycles. The quantitative estimate of drug-likeness (QED) is 0.619. The zero-order valence-electron chi connectivity index (χ0n) is 17.6. The lowest BCUT2D eigenvalue weighted by Gasteiger charge is -2.31. The zero-order chi connectivity index (χ0) is 20.9. The average Bonchev–Trinajstić information content (AvgIpc) is 2.65. The summed E-state index contributed by atoms with van der Waals surface area (Å²) in [5.74, 6) is 0.365. The maximum Gasteiger partial charge on any atom is 0.109 e. The highest BCUT2D eigenvalue weighted by atomic mass is 16.3. The van der Waals surface area contributed by atoms with Crippen molar-refractivity contribution in [3.8, 4) is 0 Å². The first-order chi connectivity index (χ1) is 13.0. The number of aliphatic hydroxyl groups excluding tert-OH is 4. The first-order valence-corrected chi connectivity index (χ1v) is 10.1. The van der Waals surface area contributed by atoms with Crippen LogP contribution in [0.5, 0.6) is 0 Å². The summed E-state index contributed by atoms with van der Waals surface area (Å²) < 4.78 is 0. The zero-order valence-corrected chi connectivity index (χ0v) is 17.6. The molecule has 4 N–H and O–H groups in total. The molecule has 0 fully saturated rings. The summed E-state index contributed by atoms with van der Waals surface area (Å²) in [4.78, 5) is 0. The summed E-state index contributed by atoms with van der Waals surface area (Å²) in [6.45, 7) is 11.8. The molecule has 4 atom stereocenters. The molecule has 1 aliphatic rings. The molecule has 3 rings (SSSR count). The molecule has 4 nitrogen and oxygen atoms in total. The van der Waals surface area contributed by atoms with E-state index in [9.17, 15) is 20.4 Å². The maximum absolute atomic E-state index is 11.1. The number of hydrogen-bond donors (Lipinski definition) is 4. The van der Waals surface area contributed by atoms with Crippen LogP contribution in [0.4, 0.5) is 0 Å². The van der Waals surface area contributed by atoms with E-state index >= 15 is 0 Å². The van der Waals surface area contributed by atoms with E-state index in [-0.39, 0.29) is 11.8 Å². The fraction of sp³-hybridized carbons (Fsp3) is 0.500. The Hall–Kier alpha value is -1.72. The van der Waals surface area contributed by atoms with Crippen molar-refractivity contribution in [2.24, 2.45) is 0 Å². The summed E-state index contributed by atoms with van der Waals surface area (Å²) in [6.07, 6.45) is -4.47. The Morgan fingerprint density at radius 1 is 0.536 bits per heavy atom. The van der Waals surface area contributed by atoms with E-state index in [2.05, 4.69) is 0 Å². The van der Waals surface area contributed by atoms with E-state index in [1.807, 2.05) is 65.8 Å². The molecule has 0 aromatic heterocycles. The molecule has 0 spiro atoms. The van der Waals surface area contributed by atoms with Crippen molar-refractivity contribution in [2.45, 2.75) is 77.8 Å². The molecule has 1 aliphatic carbocycles. The highest BCUT2D eigenvalue weighted by Crippen LogP contribution is 2.43. The number of rotatable bonds is 2. The molecular formula is C24H32O4. The van der Waals surface area contributed by atoms with Crippen LogP contribution in [0.15, 0.2) is 24.3 Å². The van der Waals surface area contributed by atoms with Crippen LogP contribution in [-0.4, -0.2) is 20.4 Å². The van der Waals surface area contributed by atoms with Gasteiger partial charge in [-0.15, -0.1) is 0 Å². The molecule has 2 aromatic carbocycles. The number of benzene rings is 2. The number of fused-ring (bicyclic) bond motifs is 4. The smallest absolute Gasteiger partial charge is 0.109 e. The van der Waals surface area contributed by atoms with Crippen molar-refractivity contribution in [3.63, 3.8) is 0 Å². The monoisotopic (exact) mass is 384 g/mol. The highest BCUT2D eigenvalue weighted by Gasteiger charge is 2.33. The second-order valence-corrected chi connectivity index (χ2v) is 8.74. The number of aliphatic hydroxyl groups is 4. The SMILES string of the molecule is Cc1c2cc(C(C)C)cc1C(O)C(O)c1cc(C(C)C)cc(c1C)C(O)C2O. The minimum absolute atomic E-state index is 0.182. The van der Waals surface area contributed by atoms with E-state index in [0.29, 0.717) is 33.4 Å². The van der Waals surface area contributed by atoms with E-state index in [0.717, 1.165) is 11.1 Å². The minimum Gasteiger partial charge on any atom is -0.385 e. The molecule has 0 amide bonds. The third-order valence-electron chi connectivity index (χ3n) is 6.23. The Bertz CT molecular complexity index is 753. The van der Waals surface area contributed by atoms with Crippen molar-refractivity contribution in [3.05, 3.63) is 68.8 Å². The van der Waals surface area contributed by atoms with E-state index < -0.39 is 24.4 Å². The number of hydrogen-bond acceptors (Lipinski definition) is 4. The molecule has 0 heterocycles. The Kier molecular flexibility index (Phi) is 5.70. The fourth-order valence-corrected chi connectivity index (χ4v) is 4.14. The summed E-state index contributed by atoms with van der Waals surface area (Å²) in [7, 11) is 0. The van der Waals surface area contributed by atoms with Crippen LogP contribution < -0.4 is 0 Å². The first kappa shape index (κ1) is 21.0. The lowest BCUT2D eigenvalue weighted by molar-refractivity contribution is 0.00714. The van der Waals surface area contributed by atoms with Gasteiger partial charge in [0.05, 0.1) is 0 Å². The first-order valence-electron chi connectivity index (χ1n) is 10.1. The Balaban J connectivity index is 2.34. The van der Waals surface area contributed by atoms with Crippen LogP contribution in [-0.2, 0) is 0 Å². The van der Waals surface area contributed by atoms with Crippen molar-refractivity contribution in [1.82, 2.24) is 0 Å². The van der Waals surface area contributed by atoms with Crippen molar-refractivity contribution >= 4 is 0 Å². The van der Waals surface area contributed by atoms with Gasteiger partial charge in [-0.25, -0.2) is 0 Å². The third kappa shape index (κ3) is 3.39. The molecule has 4 bridgehead atoms. The molecule has 0 aliphatic heterocycles. The summed E-state index contributed by atoms with van der Waals surface area (Å²) >= 11 is 0. The standard InChI is InChI=1S/C24H32O4/c1-11(2)15-7-17-13(5)18(8-15)22(26)24(28)20-10-16(12(3)4)9-19(14(20)6)23(27)21(17)25/h7-12,21-28H,1-6H3. The molecule has 0 radical (unpaired) electrons. The lowest BCUT2D eigenvalue weighted by atomic mass is 9.80. The van der Waals surface area contributed by atoms with Crippen LogP contribution in [0.2, 0.25) is 0 Å². The molecule has 4 unspecified atom stereocenters. The minimum atomic E-state index is -1.12. The topological polar surface area (TPSA) is 80.9 Å². The van der Waals surface area contributed by atoms with Gasteiger partial charge in [-0.1, -0.05) is 52.0 Å². The van der Waals surface area contributed by atoms with E-state index in [1.54, 1.807) is 0 Å². The molecular weight excluding hydrogens is 352 g/mol. The second kappa shape index (κ2) is 7.60. The molecule has 28 heavy (non-hydrogen) atoms. The van der Waals surface area contributed by atoms with E-state index in [4.69, 9.17) is 0 Å². The largest absolute Gasteiger partial charge is 0.385 e. The van der Waals surface area contributed by atoms with Gasteiger partial charge in [0, 0.05) is 0 Å². The van der Waals surface area contributed by atoms with Gasteiger partial charge >= 0.3 is 0 Å². The van der Waals surface area contributed by atoms with Gasteiger partial charge in [-0.3, -0.25) is 0 Å². The lowest BCUT2D eigenvalue weighted by Crippen LogP contribution is -2.21. The van der Waals surface area contributed by atoms with Crippen molar-refractivity contribution in [1.29, 1.82) is 0 Å². The summed E-state index contributed by atoms with van der Waals surface area (Å²) in [5, 5.41) is 44.3. The van der Waals surface area contributed by atoms with Gasteiger partial charge < -0.3 is 20.4 Å².